The highest BCUT2D eigenvalue weighted by Crippen LogP contribution is 2.24. The van der Waals surface area contributed by atoms with Crippen molar-refractivity contribution in [2.45, 2.75) is 32.2 Å². The van der Waals surface area contributed by atoms with Crippen molar-refractivity contribution >= 4 is 23.2 Å². The summed E-state index contributed by atoms with van der Waals surface area (Å²) < 4.78 is 0. The summed E-state index contributed by atoms with van der Waals surface area (Å²) >= 11 is 0. The highest BCUT2D eigenvalue weighted by Gasteiger charge is 2.27. The number of hydrogen-bond acceptors (Lipinski definition) is 5. The predicted octanol–water partition coefficient (Wildman–Crippen LogP) is 3.07. The summed E-state index contributed by atoms with van der Waals surface area (Å²) in [7, 11) is 1.75. The van der Waals surface area contributed by atoms with Crippen molar-refractivity contribution in [1.82, 2.24) is 20.5 Å². The van der Waals surface area contributed by atoms with Gasteiger partial charge in [-0.1, -0.05) is 42.5 Å². The normalized spacial score (nSPS) is 16.2. The van der Waals surface area contributed by atoms with E-state index in [0.717, 1.165) is 28.1 Å². The lowest BCUT2D eigenvalue weighted by Gasteiger charge is -2.14. The van der Waals surface area contributed by atoms with E-state index in [2.05, 4.69) is 30.8 Å². The van der Waals surface area contributed by atoms with Crippen LogP contribution in [0.2, 0.25) is 0 Å². The van der Waals surface area contributed by atoms with Gasteiger partial charge in [0.2, 0.25) is 11.7 Å². The molecular formula is C25H26N6O2. The molecule has 0 unspecified atom stereocenters. The van der Waals surface area contributed by atoms with E-state index in [9.17, 15) is 9.59 Å². The number of carbonyl (C=O) groups excluding carboxylic acids is 2. The quantitative estimate of drug-likeness (QED) is 0.509. The molecule has 0 fully saturated rings. The molecule has 0 spiro atoms. The van der Waals surface area contributed by atoms with Crippen molar-refractivity contribution < 1.29 is 9.59 Å². The Morgan fingerprint density at radius 1 is 1.21 bits per heavy atom. The first-order chi connectivity index (χ1) is 16.1. The number of carbonyl (C=O) groups is 2. The molecule has 2 heterocycles. The smallest absolute Gasteiger partial charge is 0.289 e. The molecule has 1 aliphatic rings. The number of anilines is 1. The third-order valence-corrected chi connectivity index (χ3v) is 5.51. The molecule has 0 saturated carbocycles. The standard InChI is InChI=1S/C25H26N6O2/c1-3-7-19(26-2)17-10-12-20-18(15-17)11-13-21(24(32)27-20)28-25(33)23-29-22(30-31-23)14-16-8-5-4-6-9-16/h3-10,12,15,21H,11,13-14H2,1-2H3,(H,27,32)(H,28,33)(H,29,30,31)/b7-3-,26-19+/t21-/m0/s1. The van der Waals surface area contributed by atoms with Crippen molar-refractivity contribution in [3.63, 3.8) is 0 Å². The minimum absolute atomic E-state index is 0.0907. The number of allylic oxidation sites excluding steroid dienone is 2. The first-order valence-electron chi connectivity index (χ1n) is 10.9. The largest absolute Gasteiger partial charge is 0.337 e. The van der Waals surface area contributed by atoms with Gasteiger partial charge < -0.3 is 15.6 Å². The summed E-state index contributed by atoms with van der Waals surface area (Å²) in [4.78, 5) is 32.7. The molecule has 0 aliphatic carbocycles. The van der Waals surface area contributed by atoms with Crippen LogP contribution < -0.4 is 10.6 Å². The molecule has 1 aliphatic heterocycles. The Morgan fingerprint density at radius 3 is 2.79 bits per heavy atom. The zero-order valence-electron chi connectivity index (χ0n) is 18.6. The number of aliphatic imine (C=N–C) groups is 1. The van der Waals surface area contributed by atoms with Gasteiger partial charge in [-0.15, -0.1) is 10.2 Å². The number of nitrogens with one attached hydrogen (secondary N) is 3. The second kappa shape index (κ2) is 10.0. The van der Waals surface area contributed by atoms with Gasteiger partial charge in [-0.3, -0.25) is 14.6 Å². The zero-order valence-corrected chi connectivity index (χ0v) is 18.6. The van der Waals surface area contributed by atoms with Crippen molar-refractivity contribution in [3.05, 3.63) is 89.0 Å². The number of aryl methyl sites for hydroxylation is 1. The monoisotopic (exact) mass is 442 g/mol. The SMILES string of the molecule is C/C=C\C(=N/C)c1ccc2c(c1)CC[C@H](NC(=O)c1nnc(Cc3ccccc3)[nH]1)C(=O)N2. The van der Waals surface area contributed by atoms with E-state index in [1.54, 1.807) is 7.05 Å². The summed E-state index contributed by atoms with van der Waals surface area (Å²) in [5, 5.41) is 13.7. The van der Waals surface area contributed by atoms with Crippen molar-refractivity contribution in [1.29, 1.82) is 0 Å². The minimum atomic E-state index is -0.675. The van der Waals surface area contributed by atoms with E-state index in [-0.39, 0.29) is 11.7 Å². The maximum Gasteiger partial charge on any atom is 0.289 e. The van der Waals surface area contributed by atoms with E-state index in [1.165, 1.54) is 0 Å². The fourth-order valence-corrected chi connectivity index (χ4v) is 3.82. The van der Waals surface area contributed by atoms with Gasteiger partial charge in [0, 0.05) is 24.7 Å². The van der Waals surface area contributed by atoms with Gasteiger partial charge in [-0.05, 0) is 49.1 Å². The maximum absolute atomic E-state index is 12.8. The molecule has 2 amide bonds. The number of fused-ring (bicyclic) bond motifs is 1. The van der Waals surface area contributed by atoms with Gasteiger partial charge in [0.1, 0.15) is 11.9 Å². The molecule has 4 rings (SSSR count). The molecule has 1 aromatic heterocycles. The fourth-order valence-electron chi connectivity index (χ4n) is 3.82. The molecule has 3 N–H and O–H groups in total. The molecule has 8 heteroatoms. The van der Waals surface area contributed by atoms with Crippen molar-refractivity contribution in [2.24, 2.45) is 4.99 Å². The van der Waals surface area contributed by atoms with E-state index < -0.39 is 11.9 Å². The van der Waals surface area contributed by atoms with E-state index in [1.807, 2.05) is 67.6 Å². The minimum Gasteiger partial charge on any atom is -0.337 e. The van der Waals surface area contributed by atoms with Gasteiger partial charge in [0.25, 0.3) is 5.91 Å². The van der Waals surface area contributed by atoms with Crippen molar-refractivity contribution in [2.75, 3.05) is 12.4 Å². The average Bonchev–Trinajstić information content (AvgIpc) is 3.23. The van der Waals surface area contributed by atoms with Crippen LogP contribution in [0.3, 0.4) is 0 Å². The second-order valence-corrected chi connectivity index (χ2v) is 7.82. The Morgan fingerprint density at radius 2 is 2.03 bits per heavy atom. The first-order valence-corrected chi connectivity index (χ1v) is 10.9. The molecule has 0 radical (unpaired) electrons. The number of amides is 2. The van der Waals surface area contributed by atoms with Gasteiger partial charge in [0.15, 0.2) is 0 Å². The highest BCUT2D eigenvalue weighted by molar-refractivity contribution is 6.09. The van der Waals surface area contributed by atoms with Gasteiger partial charge in [0.05, 0.1) is 5.71 Å². The van der Waals surface area contributed by atoms with E-state index in [0.29, 0.717) is 25.1 Å². The first kappa shape index (κ1) is 22.1. The summed E-state index contributed by atoms with van der Waals surface area (Å²) in [6, 6.07) is 15.0. The Labute approximate surface area is 192 Å². The van der Waals surface area contributed by atoms with Crippen LogP contribution in [0.4, 0.5) is 5.69 Å². The number of aromatic amines is 1. The Balaban J connectivity index is 1.43. The van der Waals surface area contributed by atoms with Crippen LogP contribution in [0.1, 0.15) is 46.5 Å². The lowest BCUT2D eigenvalue weighted by molar-refractivity contribution is -0.118. The molecule has 2 aromatic carbocycles. The molecule has 8 nitrogen and oxygen atoms in total. The average molecular weight is 443 g/mol. The summed E-state index contributed by atoms with van der Waals surface area (Å²) in [6.07, 6.45) is 5.54. The maximum atomic E-state index is 12.8. The molecule has 0 saturated heterocycles. The zero-order chi connectivity index (χ0) is 23.2. The molecular weight excluding hydrogens is 416 g/mol. The van der Waals surface area contributed by atoms with Crippen LogP contribution in [0.15, 0.2) is 65.7 Å². The summed E-state index contributed by atoms with van der Waals surface area (Å²) in [6.45, 7) is 1.95. The number of hydrogen-bond donors (Lipinski definition) is 3. The fraction of sp³-hybridized carbons (Fsp3) is 0.240. The van der Waals surface area contributed by atoms with Gasteiger partial charge in [-0.25, -0.2) is 0 Å². The number of nitrogens with zero attached hydrogens (tertiary/aromatic N) is 3. The Kier molecular flexibility index (Phi) is 6.73. The van der Waals surface area contributed by atoms with Gasteiger partial charge >= 0.3 is 0 Å². The van der Waals surface area contributed by atoms with Crippen LogP contribution >= 0.6 is 0 Å². The second-order valence-electron chi connectivity index (χ2n) is 7.82. The lowest BCUT2D eigenvalue weighted by Crippen LogP contribution is -2.43. The van der Waals surface area contributed by atoms with Crippen LogP contribution in [0.25, 0.3) is 0 Å². The van der Waals surface area contributed by atoms with Crippen LogP contribution in [-0.4, -0.2) is 45.8 Å². The predicted molar refractivity (Wildman–Crippen MR) is 128 cm³/mol. The number of H-pyrrole nitrogens is 1. The van der Waals surface area contributed by atoms with Crippen LogP contribution in [0, 0.1) is 0 Å². The van der Waals surface area contributed by atoms with E-state index in [4.69, 9.17) is 0 Å². The Hall–Kier alpha value is -4.07. The Bertz CT molecular complexity index is 1210. The number of benzene rings is 2. The number of rotatable bonds is 6. The molecule has 1 atom stereocenters. The van der Waals surface area contributed by atoms with E-state index >= 15 is 0 Å². The van der Waals surface area contributed by atoms with Crippen LogP contribution in [0.5, 0.6) is 0 Å². The molecule has 168 valence electrons. The van der Waals surface area contributed by atoms with Gasteiger partial charge in [-0.2, -0.15) is 0 Å². The topological polar surface area (TPSA) is 112 Å². The van der Waals surface area contributed by atoms with Crippen molar-refractivity contribution in [3.8, 4) is 0 Å². The summed E-state index contributed by atoms with van der Waals surface area (Å²) in [5.41, 5.74) is 4.68. The lowest BCUT2D eigenvalue weighted by atomic mass is 10.0. The third kappa shape index (κ3) is 5.23. The molecule has 3 aromatic rings. The number of aromatic nitrogens is 3. The third-order valence-electron chi connectivity index (χ3n) is 5.51. The van der Waals surface area contributed by atoms with Crippen LogP contribution in [-0.2, 0) is 17.6 Å². The molecule has 0 bridgehead atoms. The molecule has 33 heavy (non-hydrogen) atoms. The summed E-state index contributed by atoms with van der Waals surface area (Å²) in [5.74, 6) is -0.0298. The highest BCUT2D eigenvalue weighted by atomic mass is 16.2.